The molecule has 1 aliphatic heterocycles. The highest BCUT2D eigenvalue weighted by molar-refractivity contribution is 8.13. The van der Waals surface area contributed by atoms with Crippen LogP contribution in [0, 0.1) is 5.41 Å². The Kier molecular flexibility index (Phi) is 2.16. The van der Waals surface area contributed by atoms with Gasteiger partial charge in [0.15, 0.2) is 5.17 Å². The lowest BCUT2D eigenvalue weighted by Crippen LogP contribution is -2.31. The third-order valence-electron chi connectivity index (χ3n) is 1.30. The molecule has 0 saturated carbocycles. The third-order valence-corrected chi connectivity index (χ3v) is 1.90. The van der Waals surface area contributed by atoms with Gasteiger partial charge in [-0.15, -0.1) is 0 Å². The first-order valence-corrected chi connectivity index (χ1v) is 4.16. The van der Waals surface area contributed by atoms with E-state index in [0.717, 1.165) is 0 Å². The first-order valence-electron chi connectivity index (χ1n) is 2.93. The molecule has 0 unspecified atom stereocenters. The molecule has 0 aromatic carbocycles. The number of amides is 2. The molecule has 1 fully saturated rings. The van der Waals surface area contributed by atoms with Crippen molar-refractivity contribution in [2.24, 2.45) is 0 Å². The van der Waals surface area contributed by atoms with Crippen molar-refractivity contribution in [3.63, 3.8) is 0 Å². The maximum atomic E-state index is 10.8. The molecular weight excluding hydrogens is 150 g/mol. The summed E-state index contributed by atoms with van der Waals surface area (Å²) >= 11 is 1.27. The van der Waals surface area contributed by atoms with Crippen molar-refractivity contribution in [3.8, 4) is 0 Å². The van der Waals surface area contributed by atoms with Gasteiger partial charge < -0.3 is 5.32 Å². The van der Waals surface area contributed by atoms with Crippen LogP contribution in [0.4, 0.5) is 4.79 Å². The SMILES string of the molecule is CSC(=N)N1CCNC1=O. The van der Waals surface area contributed by atoms with Gasteiger partial charge >= 0.3 is 6.03 Å². The number of hydrogen-bond donors (Lipinski definition) is 2. The van der Waals surface area contributed by atoms with Crippen molar-refractivity contribution in [1.29, 1.82) is 5.41 Å². The first-order chi connectivity index (χ1) is 4.75. The van der Waals surface area contributed by atoms with E-state index in [-0.39, 0.29) is 6.03 Å². The molecule has 5 heteroatoms. The third kappa shape index (κ3) is 1.23. The number of nitrogens with one attached hydrogen (secondary N) is 2. The minimum atomic E-state index is -0.153. The van der Waals surface area contributed by atoms with Crippen LogP contribution in [0.5, 0.6) is 0 Å². The quantitative estimate of drug-likeness (QED) is 0.395. The van der Waals surface area contributed by atoms with Crippen LogP contribution in [-0.2, 0) is 0 Å². The smallest absolute Gasteiger partial charge is 0.323 e. The highest BCUT2D eigenvalue weighted by Crippen LogP contribution is 2.05. The zero-order chi connectivity index (χ0) is 7.56. The first kappa shape index (κ1) is 7.40. The average Bonchev–Trinajstić information content (AvgIpc) is 2.34. The normalized spacial score (nSPS) is 17.3. The van der Waals surface area contributed by atoms with E-state index in [2.05, 4.69) is 5.32 Å². The van der Waals surface area contributed by atoms with Crippen molar-refractivity contribution in [2.45, 2.75) is 0 Å². The van der Waals surface area contributed by atoms with Gasteiger partial charge in [0, 0.05) is 13.1 Å². The molecule has 2 N–H and O–H groups in total. The zero-order valence-electron chi connectivity index (χ0n) is 5.68. The monoisotopic (exact) mass is 159 g/mol. The van der Waals surface area contributed by atoms with Gasteiger partial charge in [-0.3, -0.25) is 10.3 Å². The number of rotatable bonds is 0. The second-order valence-electron chi connectivity index (χ2n) is 1.89. The number of urea groups is 1. The number of nitrogens with zero attached hydrogens (tertiary/aromatic N) is 1. The molecule has 56 valence electrons. The van der Waals surface area contributed by atoms with Crippen LogP contribution in [0.1, 0.15) is 0 Å². The van der Waals surface area contributed by atoms with Crippen LogP contribution in [0.25, 0.3) is 0 Å². The minimum absolute atomic E-state index is 0.153. The summed E-state index contributed by atoms with van der Waals surface area (Å²) in [6.45, 7) is 1.28. The Morgan fingerprint density at radius 3 is 3.00 bits per heavy atom. The van der Waals surface area contributed by atoms with Gasteiger partial charge in [-0.2, -0.15) is 0 Å². The highest BCUT2D eigenvalue weighted by Gasteiger charge is 2.22. The van der Waals surface area contributed by atoms with Gasteiger partial charge in [0.05, 0.1) is 0 Å². The van der Waals surface area contributed by atoms with Crippen LogP contribution < -0.4 is 5.32 Å². The van der Waals surface area contributed by atoms with E-state index >= 15 is 0 Å². The second-order valence-corrected chi connectivity index (χ2v) is 2.69. The molecule has 0 radical (unpaired) electrons. The maximum absolute atomic E-state index is 10.8. The predicted molar refractivity (Wildman–Crippen MR) is 41.3 cm³/mol. The number of hydrogen-bond acceptors (Lipinski definition) is 3. The summed E-state index contributed by atoms with van der Waals surface area (Å²) < 4.78 is 0. The summed E-state index contributed by atoms with van der Waals surface area (Å²) in [5.41, 5.74) is 0. The van der Waals surface area contributed by atoms with Crippen LogP contribution >= 0.6 is 11.8 Å². The minimum Gasteiger partial charge on any atom is -0.336 e. The number of carbonyl (C=O) groups excluding carboxylic acids is 1. The Morgan fingerprint density at radius 2 is 2.60 bits per heavy atom. The van der Waals surface area contributed by atoms with Gasteiger partial charge in [-0.1, -0.05) is 11.8 Å². The number of thioether (sulfide) groups is 1. The molecule has 0 bridgehead atoms. The van der Waals surface area contributed by atoms with E-state index in [1.807, 2.05) is 0 Å². The van der Waals surface area contributed by atoms with Crippen molar-refractivity contribution in [3.05, 3.63) is 0 Å². The lowest BCUT2D eigenvalue weighted by Gasteiger charge is -2.11. The van der Waals surface area contributed by atoms with Crippen molar-refractivity contribution in [2.75, 3.05) is 19.3 Å². The van der Waals surface area contributed by atoms with Crippen LogP contribution in [0.15, 0.2) is 0 Å². The second kappa shape index (κ2) is 2.92. The van der Waals surface area contributed by atoms with Crippen LogP contribution in [0.3, 0.4) is 0 Å². The molecule has 1 aliphatic rings. The lowest BCUT2D eigenvalue weighted by molar-refractivity contribution is 0.234. The molecule has 1 saturated heterocycles. The Morgan fingerprint density at radius 1 is 1.90 bits per heavy atom. The van der Waals surface area contributed by atoms with E-state index in [0.29, 0.717) is 18.3 Å². The maximum Gasteiger partial charge on any atom is 0.323 e. The molecular formula is C5H9N3OS. The van der Waals surface area contributed by atoms with Crippen molar-refractivity contribution < 1.29 is 4.79 Å². The van der Waals surface area contributed by atoms with Crippen LogP contribution in [-0.4, -0.2) is 35.4 Å². The van der Waals surface area contributed by atoms with E-state index in [9.17, 15) is 4.79 Å². The fourth-order valence-electron chi connectivity index (χ4n) is 0.776. The van der Waals surface area contributed by atoms with Gasteiger partial charge in [0.2, 0.25) is 0 Å². The summed E-state index contributed by atoms with van der Waals surface area (Å²) in [4.78, 5) is 12.3. The Labute approximate surface area is 63.5 Å². The lowest BCUT2D eigenvalue weighted by atomic mass is 10.6. The molecule has 0 atom stereocenters. The molecule has 2 amide bonds. The van der Waals surface area contributed by atoms with E-state index < -0.39 is 0 Å². The fraction of sp³-hybridized carbons (Fsp3) is 0.600. The van der Waals surface area contributed by atoms with Crippen molar-refractivity contribution in [1.82, 2.24) is 10.2 Å². The summed E-state index contributed by atoms with van der Waals surface area (Å²) in [6, 6.07) is -0.153. The van der Waals surface area contributed by atoms with E-state index in [1.165, 1.54) is 16.7 Å². The predicted octanol–water partition coefficient (Wildman–Crippen LogP) is 0.309. The average molecular weight is 159 g/mol. The highest BCUT2D eigenvalue weighted by atomic mass is 32.2. The Hall–Kier alpha value is -0.710. The fourth-order valence-corrected chi connectivity index (χ4v) is 1.17. The molecule has 4 nitrogen and oxygen atoms in total. The van der Waals surface area contributed by atoms with Gasteiger partial charge in [0.25, 0.3) is 0 Å². The molecule has 0 spiro atoms. The summed E-state index contributed by atoms with van der Waals surface area (Å²) in [5.74, 6) is 0. The summed E-state index contributed by atoms with van der Waals surface area (Å²) in [6.07, 6.45) is 1.79. The van der Waals surface area contributed by atoms with Gasteiger partial charge in [0.1, 0.15) is 0 Å². The largest absolute Gasteiger partial charge is 0.336 e. The molecule has 1 heterocycles. The zero-order valence-corrected chi connectivity index (χ0v) is 6.49. The van der Waals surface area contributed by atoms with E-state index in [4.69, 9.17) is 5.41 Å². The van der Waals surface area contributed by atoms with Crippen molar-refractivity contribution >= 4 is 23.0 Å². The summed E-state index contributed by atoms with van der Waals surface area (Å²) in [5, 5.41) is 10.2. The van der Waals surface area contributed by atoms with Gasteiger partial charge in [-0.05, 0) is 6.26 Å². The molecule has 0 aromatic rings. The number of amidine groups is 1. The number of carbonyl (C=O) groups is 1. The topological polar surface area (TPSA) is 56.2 Å². The van der Waals surface area contributed by atoms with Crippen LogP contribution in [0.2, 0.25) is 0 Å². The molecule has 10 heavy (non-hydrogen) atoms. The molecule has 0 aromatic heterocycles. The molecule has 1 rings (SSSR count). The summed E-state index contributed by atoms with van der Waals surface area (Å²) in [7, 11) is 0. The van der Waals surface area contributed by atoms with Gasteiger partial charge in [-0.25, -0.2) is 4.79 Å². The Balaban J connectivity index is 2.55. The standard InChI is InChI=1S/C5H9N3OS/c1-10-4(6)8-3-2-7-5(8)9/h6H,2-3H2,1H3,(H,7,9). The van der Waals surface area contributed by atoms with E-state index in [1.54, 1.807) is 6.26 Å². The Bertz CT molecular complexity index is 170. The molecule has 0 aliphatic carbocycles.